The summed E-state index contributed by atoms with van der Waals surface area (Å²) in [6.45, 7) is 8.54. The van der Waals surface area contributed by atoms with Crippen molar-refractivity contribution < 1.29 is 24.5 Å². The van der Waals surface area contributed by atoms with Gasteiger partial charge < -0.3 is 14.0 Å². The third-order valence-electron chi connectivity index (χ3n) is 9.43. The molecule has 6 heteroatoms. The zero-order valence-corrected chi connectivity index (χ0v) is 29.5. The first-order valence-corrected chi connectivity index (χ1v) is 16.2. The number of aromatic nitrogens is 4. The van der Waals surface area contributed by atoms with Crippen molar-refractivity contribution in [2.75, 3.05) is 0 Å². The minimum atomic E-state index is -0.0873. The summed E-state index contributed by atoms with van der Waals surface area (Å²) in [6, 6.07) is 31.6. The van der Waals surface area contributed by atoms with E-state index in [0.29, 0.717) is 11.6 Å². The van der Waals surface area contributed by atoms with E-state index < -0.39 is 0 Å². The number of rotatable bonds is 3. The van der Waals surface area contributed by atoms with Gasteiger partial charge in [-0.3, -0.25) is 4.98 Å². The van der Waals surface area contributed by atoms with Gasteiger partial charge in [-0.25, -0.2) is 4.98 Å². The van der Waals surface area contributed by atoms with Crippen molar-refractivity contribution >= 4 is 39.2 Å². The van der Waals surface area contributed by atoms with Gasteiger partial charge in [-0.15, -0.1) is 54.1 Å². The molecular weight excluding hydrogens is 757 g/mol. The molecule has 0 bridgehead atoms. The Balaban J connectivity index is 0.000000148. The van der Waals surface area contributed by atoms with Crippen LogP contribution < -0.4 is 0 Å². The minimum Gasteiger partial charge on any atom is -0.486 e. The molecule has 2 aliphatic rings. The Morgan fingerprint density at radius 2 is 1.74 bits per heavy atom. The Morgan fingerprint density at radius 1 is 0.894 bits per heavy atom. The molecule has 47 heavy (non-hydrogen) atoms. The third-order valence-corrected chi connectivity index (χ3v) is 9.43. The largest absolute Gasteiger partial charge is 0.486 e. The number of benzene rings is 3. The van der Waals surface area contributed by atoms with Gasteiger partial charge >= 0.3 is 0 Å². The average molecular weight is 793 g/mol. The number of allylic oxidation sites excluding steroid dienone is 1. The normalized spacial score (nSPS) is 15.1. The van der Waals surface area contributed by atoms with E-state index in [0.717, 1.165) is 50.2 Å². The van der Waals surface area contributed by atoms with Crippen LogP contribution >= 0.6 is 0 Å². The van der Waals surface area contributed by atoms with Crippen LogP contribution in [0, 0.1) is 26.0 Å². The van der Waals surface area contributed by atoms with Crippen molar-refractivity contribution in [3.05, 3.63) is 120 Å². The molecule has 3 aromatic carbocycles. The van der Waals surface area contributed by atoms with E-state index in [-0.39, 0.29) is 25.6 Å². The number of imidazole rings is 1. The summed E-state index contributed by atoms with van der Waals surface area (Å²) < 4.78 is 8.44. The standard InChI is InChI=1S/C22H19N2O.C19H17N2.Ir/c1-14-9-10-18-17-7-4-8-19(21(17)25-22(18)24-14)20-13-16(11-12-23-20)15-5-2-3-6-15;1-13-11-15-9-10-19(2,3)21-17(15)16(12-13)20-18(21)14-7-5-4-6-8-14;/h4,7,9-13,15H,2-3,5-6H2,1H3;4-7,9-12H,1-3H3;/q2*-1;. The van der Waals surface area contributed by atoms with Crippen LogP contribution in [0.15, 0.2) is 89.5 Å². The molecule has 1 aliphatic carbocycles. The summed E-state index contributed by atoms with van der Waals surface area (Å²) in [5.41, 5.74) is 11.4. The number of hydrogen-bond donors (Lipinski definition) is 0. The second-order valence-corrected chi connectivity index (χ2v) is 13.2. The molecule has 7 aromatic rings. The molecule has 0 N–H and O–H groups in total. The SMILES string of the molecule is Cc1cc2c3c(c1)nc(-c1[c-]cccc1)n3C(C)(C)C=C2.Cc1ccc2c(n1)oc1c(-c3cc(C4CCCC4)ccn3)[c-]ccc12.[Ir]. The molecule has 1 radical (unpaired) electrons. The average Bonchev–Trinajstić information content (AvgIpc) is 3.82. The van der Waals surface area contributed by atoms with Gasteiger partial charge in [0.2, 0.25) is 5.71 Å². The molecule has 0 saturated heterocycles. The van der Waals surface area contributed by atoms with E-state index in [1.54, 1.807) is 0 Å². The van der Waals surface area contributed by atoms with E-state index in [1.165, 1.54) is 47.9 Å². The van der Waals surface area contributed by atoms with E-state index in [2.05, 4.69) is 96.0 Å². The number of hydrogen-bond acceptors (Lipinski definition) is 4. The van der Waals surface area contributed by atoms with Crippen molar-refractivity contribution in [3.8, 4) is 22.6 Å². The van der Waals surface area contributed by atoms with Crippen LogP contribution in [0.3, 0.4) is 0 Å². The first-order chi connectivity index (χ1) is 22.4. The molecule has 1 fully saturated rings. The van der Waals surface area contributed by atoms with Gasteiger partial charge in [0.1, 0.15) is 0 Å². The van der Waals surface area contributed by atoms with Crippen molar-refractivity contribution in [1.29, 1.82) is 0 Å². The summed E-state index contributed by atoms with van der Waals surface area (Å²) >= 11 is 0. The van der Waals surface area contributed by atoms with Gasteiger partial charge in [0.25, 0.3) is 0 Å². The van der Waals surface area contributed by atoms with E-state index in [4.69, 9.17) is 9.40 Å². The molecular formula is C41H36IrN4O-2. The van der Waals surface area contributed by atoms with Crippen LogP contribution in [-0.4, -0.2) is 19.5 Å². The summed E-state index contributed by atoms with van der Waals surface area (Å²) in [4.78, 5) is 14.0. The molecule has 5 nitrogen and oxygen atoms in total. The monoisotopic (exact) mass is 793 g/mol. The zero-order valence-electron chi connectivity index (χ0n) is 27.1. The van der Waals surface area contributed by atoms with Crippen LogP contribution in [0.4, 0.5) is 0 Å². The van der Waals surface area contributed by atoms with Gasteiger partial charge in [-0.05, 0) is 93.6 Å². The number of aryl methyl sites for hydroxylation is 2. The number of furan rings is 1. The van der Waals surface area contributed by atoms with Crippen molar-refractivity contribution in [1.82, 2.24) is 19.5 Å². The van der Waals surface area contributed by atoms with Crippen molar-refractivity contribution in [2.24, 2.45) is 0 Å². The van der Waals surface area contributed by atoms with Crippen LogP contribution in [0.2, 0.25) is 0 Å². The minimum absolute atomic E-state index is 0. The molecule has 9 rings (SSSR count). The number of pyridine rings is 2. The Hall–Kier alpha value is -4.38. The quantitative estimate of drug-likeness (QED) is 0.167. The van der Waals surface area contributed by atoms with Gasteiger partial charge in [0.05, 0.1) is 28.0 Å². The fourth-order valence-corrected chi connectivity index (χ4v) is 7.16. The number of nitrogens with zero attached hydrogens (tertiary/aromatic N) is 4. The second-order valence-electron chi connectivity index (χ2n) is 13.2. The predicted octanol–water partition coefficient (Wildman–Crippen LogP) is 10.4. The molecule has 1 saturated carbocycles. The van der Waals surface area contributed by atoms with Gasteiger partial charge in [-0.2, -0.15) is 0 Å². The van der Waals surface area contributed by atoms with E-state index in [1.807, 2.05) is 49.5 Å². The summed E-state index contributed by atoms with van der Waals surface area (Å²) in [6.07, 6.45) is 11.6. The van der Waals surface area contributed by atoms with Crippen LogP contribution in [0.5, 0.6) is 0 Å². The fourth-order valence-electron chi connectivity index (χ4n) is 7.16. The van der Waals surface area contributed by atoms with Gasteiger partial charge in [0, 0.05) is 37.4 Å². The summed E-state index contributed by atoms with van der Waals surface area (Å²) in [7, 11) is 0. The summed E-state index contributed by atoms with van der Waals surface area (Å²) in [5.74, 6) is 1.66. The molecule has 237 valence electrons. The van der Waals surface area contributed by atoms with Crippen molar-refractivity contribution in [2.45, 2.75) is 64.8 Å². The smallest absolute Gasteiger partial charge is 0.216 e. The topological polar surface area (TPSA) is 56.7 Å². The second kappa shape index (κ2) is 12.3. The molecule has 4 aromatic heterocycles. The maximum atomic E-state index is 6.10. The Bertz CT molecular complexity index is 2270. The maximum Gasteiger partial charge on any atom is 0.216 e. The van der Waals surface area contributed by atoms with E-state index in [9.17, 15) is 0 Å². The molecule has 1 aliphatic heterocycles. The van der Waals surface area contributed by atoms with E-state index >= 15 is 0 Å². The van der Waals surface area contributed by atoms with Crippen LogP contribution in [0.1, 0.15) is 67.8 Å². The Kier molecular flexibility index (Phi) is 8.19. The first-order valence-electron chi connectivity index (χ1n) is 16.2. The third kappa shape index (κ3) is 5.64. The van der Waals surface area contributed by atoms with Gasteiger partial charge in [0.15, 0.2) is 0 Å². The first kappa shape index (κ1) is 31.2. The molecule has 5 heterocycles. The van der Waals surface area contributed by atoms with Crippen LogP contribution in [0.25, 0.3) is 61.8 Å². The molecule has 0 atom stereocenters. The Morgan fingerprint density at radius 3 is 2.55 bits per heavy atom. The van der Waals surface area contributed by atoms with Crippen molar-refractivity contribution in [3.63, 3.8) is 0 Å². The molecule has 0 unspecified atom stereocenters. The van der Waals surface area contributed by atoms with Crippen LogP contribution in [-0.2, 0) is 25.6 Å². The zero-order chi connectivity index (χ0) is 31.4. The molecule has 0 spiro atoms. The van der Waals surface area contributed by atoms with Gasteiger partial charge in [-0.1, -0.05) is 47.6 Å². The maximum absolute atomic E-state index is 6.10. The molecule has 0 amide bonds. The Labute approximate surface area is 289 Å². The number of fused-ring (bicyclic) bond motifs is 3. The fraction of sp³-hybridized carbons (Fsp3) is 0.244. The predicted molar refractivity (Wildman–Crippen MR) is 187 cm³/mol. The summed E-state index contributed by atoms with van der Waals surface area (Å²) in [5, 5.41) is 2.12.